The summed E-state index contributed by atoms with van der Waals surface area (Å²) >= 11 is 0. The van der Waals surface area contributed by atoms with E-state index in [1.807, 2.05) is 24.6 Å². The molecule has 2 aromatic heterocycles. The zero-order chi connectivity index (χ0) is 19.4. The summed E-state index contributed by atoms with van der Waals surface area (Å²) in [7, 11) is 0. The minimum absolute atomic E-state index is 0.0445. The number of carbonyl (C=O) groups excluding carboxylic acids is 1. The van der Waals surface area contributed by atoms with Crippen LogP contribution in [-0.2, 0) is 13.2 Å². The van der Waals surface area contributed by atoms with Crippen LogP contribution >= 0.6 is 0 Å². The SMILES string of the molecule is CCn1nccc1C(C)NC(=O)c1noc(C)c1COc1cccc(F)c1. The topological polar surface area (TPSA) is 82.2 Å². The van der Waals surface area contributed by atoms with Crippen molar-refractivity contribution in [1.29, 1.82) is 0 Å². The van der Waals surface area contributed by atoms with Gasteiger partial charge in [-0.05, 0) is 39.0 Å². The third-order valence-electron chi connectivity index (χ3n) is 4.22. The second kappa shape index (κ2) is 8.03. The second-order valence-corrected chi connectivity index (χ2v) is 6.08. The lowest BCUT2D eigenvalue weighted by molar-refractivity contribution is 0.0927. The highest BCUT2D eigenvalue weighted by atomic mass is 19.1. The maximum Gasteiger partial charge on any atom is 0.274 e. The van der Waals surface area contributed by atoms with E-state index in [9.17, 15) is 9.18 Å². The number of aromatic nitrogens is 3. The van der Waals surface area contributed by atoms with E-state index in [-0.39, 0.29) is 24.2 Å². The predicted octanol–water partition coefficient (Wildman–Crippen LogP) is 3.41. The molecule has 1 amide bonds. The van der Waals surface area contributed by atoms with Crippen LogP contribution in [0.15, 0.2) is 41.1 Å². The fourth-order valence-electron chi connectivity index (χ4n) is 2.77. The monoisotopic (exact) mass is 372 g/mol. The molecule has 0 saturated heterocycles. The number of amides is 1. The zero-order valence-electron chi connectivity index (χ0n) is 15.4. The van der Waals surface area contributed by atoms with Crippen LogP contribution in [0.1, 0.15) is 47.4 Å². The molecule has 1 unspecified atom stereocenters. The van der Waals surface area contributed by atoms with Crippen LogP contribution in [0.2, 0.25) is 0 Å². The summed E-state index contributed by atoms with van der Waals surface area (Å²) in [5.41, 5.74) is 1.56. The number of aryl methyl sites for hydroxylation is 2. The van der Waals surface area contributed by atoms with Gasteiger partial charge >= 0.3 is 0 Å². The van der Waals surface area contributed by atoms with E-state index < -0.39 is 5.82 Å². The third kappa shape index (κ3) is 4.16. The molecule has 8 heteroatoms. The number of rotatable bonds is 7. The van der Waals surface area contributed by atoms with Crippen LogP contribution in [0.3, 0.4) is 0 Å². The summed E-state index contributed by atoms with van der Waals surface area (Å²) in [6.45, 7) is 6.30. The molecule has 142 valence electrons. The third-order valence-corrected chi connectivity index (χ3v) is 4.22. The molecule has 1 atom stereocenters. The first kappa shape index (κ1) is 18.6. The Morgan fingerprint density at radius 3 is 2.96 bits per heavy atom. The van der Waals surface area contributed by atoms with E-state index in [1.54, 1.807) is 25.3 Å². The Labute approximate surface area is 156 Å². The molecular formula is C19H21FN4O3. The van der Waals surface area contributed by atoms with E-state index in [0.717, 1.165) is 5.69 Å². The maximum absolute atomic E-state index is 13.3. The lowest BCUT2D eigenvalue weighted by Crippen LogP contribution is -2.29. The largest absolute Gasteiger partial charge is 0.489 e. The van der Waals surface area contributed by atoms with Gasteiger partial charge in [0.1, 0.15) is 23.9 Å². The van der Waals surface area contributed by atoms with Crippen molar-refractivity contribution >= 4 is 5.91 Å². The van der Waals surface area contributed by atoms with Gasteiger partial charge in [0.2, 0.25) is 0 Å². The van der Waals surface area contributed by atoms with E-state index in [0.29, 0.717) is 23.6 Å². The molecule has 3 aromatic rings. The molecule has 0 radical (unpaired) electrons. The van der Waals surface area contributed by atoms with Gasteiger partial charge in [-0.2, -0.15) is 5.10 Å². The van der Waals surface area contributed by atoms with Crippen molar-refractivity contribution in [3.8, 4) is 5.75 Å². The Hall–Kier alpha value is -3.16. The van der Waals surface area contributed by atoms with Crippen LogP contribution in [-0.4, -0.2) is 20.8 Å². The minimum atomic E-state index is -0.395. The normalized spacial score (nSPS) is 12.0. The van der Waals surface area contributed by atoms with Gasteiger partial charge < -0.3 is 14.6 Å². The van der Waals surface area contributed by atoms with E-state index in [4.69, 9.17) is 9.26 Å². The summed E-state index contributed by atoms with van der Waals surface area (Å²) in [6.07, 6.45) is 1.69. The van der Waals surface area contributed by atoms with Crippen molar-refractivity contribution in [3.63, 3.8) is 0 Å². The van der Waals surface area contributed by atoms with Gasteiger partial charge in [0.15, 0.2) is 5.69 Å². The van der Waals surface area contributed by atoms with Crippen LogP contribution in [0.4, 0.5) is 4.39 Å². The van der Waals surface area contributed by atoms with Crippen molar-refractivity contribution in [2.24, 2.45) is 0 Å². The zero-order valence-corrected chi connectivity index (χ0v) is 15.4. The van der Waals surface area contributed by atoms with Gasteiger partial charge in [0.05, 0.1) is 17.3 Å². The average molecular weight is 372 g/mol. The van der Waals surface area contributed by atoms with Gasteiger partial charge in [0, 0.05) is 18.8 Å². The molecule has 0 spiro atoms. The smallest absolute Gasteiger partial charge is 0.274 e. The first-order chi connectivity index (χ1) is 13.0. The Morgan fingerprint density at radius 1 is 1.41 bits per heavy atom. The highest BCUT2D eigenvalue weighted by molar-refractivity contribution is 5.94. The van der Waals surface area contributed by atoms with Crippen LogP contribution in [0, 0.1) is 12.7 Å². The standard InChI is InChI=1S/C19H21FN4O3/c1-4-24-17(8-9-21-24)12(2)22-19(25)18-16(13(3)27-23-18)11-26-15-7-5-6-14(20)10-15/h5-10,12H,4,11H2,1-3H3,(H,22,25). The van der Waals surface area contributed by atoms with E-state index in [2.05, 4.69) is 15.6 Å². The lowest BCUT2D eigenvalue weighted by atomic mass is 10.1. The van der Waals surface area contributed by atoms with E-state index in [1.165, 1.54) is 12.1 Å². The summed E-state index contributed by atoms with van der Waals surface area (Å²) in [5.74, 6) is 0.0693. The molecule has 0 aliphatic carbocycles. The average Bonchev–Trinajstić information content (AvgIpc) is 3.26. The molecule has 0 aliphatic rings. The molecule has 3 rings (SSSR count). The number of benzene rings is 1. The Morgan fingerprint density at radius 2 is 2.22 bits per heavy atom. The number of hydrogen-bond donors (Lipinski definition) is 1. The van der Waals surface area contributed by atoms with Crippen molar-refractivity contribution in [2.45, 2.75) is 40.0 Å². The van der Waals surface area contributed by atoms with Crippen molar-refractivity contribution in [3.05, 3.63) is 65.1 Å². The number of halogens is 1. The number of carbonyl (C=O) groups is 1. The van der Waals surface area contributed by atoms with Crippen LogP contribution < -0.4 is 10.1 Å². The molecule has 1 aromatic carbocycles. The first-order valence-corrected chi connectivity index (χ1v) is 8.65. The summed E-state index contributed by atoms with van der Waals surface area (Å²) in [5, 5.41) is 11.0. The Balaban J connectivity index is 1.72. The Bertz CT molecular complexity index is 935. The van der Waals surface area contributed by atoms with Gasteiger partial charge in [-0.3, -0.25) is 9.48 Å². The van der Waals surface area contributed by atoms with Gasteiger partial charge in [0.25, 0.3) is 5.91 Å². The van der Waals surface area contributed by atoms with Crippen molar-refractivity contribution < 1.29 is 18.4 Å². The summed E-state index contributed by atoms with van der Waals surface area (Å²) in [6, 6.07) is 7.40. The highest BCUT2D eigenvalue weighted by Gasteiger charge is 2.23. The fourth-order valence-corrected chi connectivity index (χ4v) is 2.77. The van der Waals surface area contributed by atoms with Crippen molar-refractivity contribution in [2.75, 3.05) is 0 Å². The van der Waals surface area contributed by atoms with Gasteiger partial charge in [-0.25, -0.2) is 4.39 Å². The number of ether oxygens (including phenoxy) is 1. The number of nitrogens with zero attached hydrogens (tertiary/aromatic N) is 3. The number of hydrogen-bond acceptors (Lipinski definition) is 5. The first-order valence-electron chi connectivity index (χ1n) is 8.65. The van der Waals surface area contributed by atoms with E-state index >= 15 is 0 Å². The van der Waals surface area contributed by atoms with Crippen LogP contribution in [0.5, 0.6) is 5.75 Å². The molecule has 0 aliphatic heterocycles. The van der Waals surface area contributed by atoms with Crippen molar-refractivity contribution in [1.82, 2.24) is 20.3 Å². The molecule has 1 N–H and O–H groups in total. The maximum atomic E-state index is 13.3. The molecular weight excluding hydrogens is 351 g/mol. The molecule has 0 fully saturated rings. The summed E-state index contributed by atoms with van der Waals surface area (Å²) in [4.78, 5) is 12.7. The molecule has 2 heterocycles. The van der Waals surface area contributed by atoms with Gasteiger partial charge in [-0.1, -0.05) is 11.2 Å². The molecule has 0 bridgehead atoms. The highest BCUT2D eigenvalue weighted by Crippen LogP contribution is 2.20. The molecule has 27 heavy (non-hydrogen) atoms. The molecule has 0 saturated carbocycles. The Kier molecular flexibility index (Phi) is 5.54. The molecule has 7 nitrogen and oxygen atoms in total. The quantitative estimate of drug-likeness (QED) is 0.687. The second-order valence-electron chi connectivity index (χ2n) is 6.08. The minimum Gasteiger partial charge on any atom is -0.489 e. The van der Waals surface area contributed by atoms with Gasteiger partial charge in [-0.15, -0.1) is 0 Å². The lowest BCUT2D eigenvalue weighted by Gasteiger charge is -2.15. The van der Waals surface area contributed by atoms with Crippen LogP contribution in [0.25, 0.3) is 0 Å². The fraction of sp³-hybridized carbons (Fsp3) is 0.316. The summed E-state index contributed by atoms with van der Waals surface area (Å²) < 4.78 is 25.8. The number of nitrogens with one attached hydrogen (secondary N) is 1. The predicted molar refractivity (Wildman–Crippen MR) is 95.8 cm³/mol.